The number of nitrogens with two attached hydrogens (primary N) is 1. The van der Waals surface area contributed by atoms with Gasteiger partial charge in [0.2, 0.25) is 0 Å². The van der Waals surface area contributed by atoms with Crippen LogP contribution in [0.3, 0.4) is 0 Å². The molecule has 1 aromatic heterocycles. The van der Waals surface area contributed by atoms with Crippen LogP contribution in [0.5, 0.6) is 0 Å². The van der Waals surface area contributed by atoms with Crippen LogP contribution in [0.25, 0.3) is 0 Å². The molecule has 3 nitrogen and oxygen atoms in total. The molecule has 0 unspecified atom stereocenters. The number of benzene rings is 1. The fourth-order valence-corrected chi connectivity index (χ4v) is 1.70. The third-order valence-electron chi connectivity index (χ3n) is 2.89. The van der Waals surface area contributed by atoms with Gasteiger partial charge in [0.15, 0.2) is 0 Å². The average Bonchev–Trinajstić information content (AvgIpc) is 2.33. The zero-order chi connectivity index (χ0) is 12.4. The lowest BCUT2D eigenvalue weighted by atomic mass is 10.1. The summed E-state index contributed by atoms with van der Waals surface area (Å²) in [7, 11) is 0. The van der Waals surface area contributed by atoms with Gasteiger partial charge in [-0.2, -0.15) is 0 Å². The molecule has 17 heavy (non-hydrogen) atoms. The molecule has 1 aromatic carbocycles. The Morgan fingerprint density at radius 1 is 1.12 bits per heavy atom. The molecular formula is C14H16N2O. The van der Waals surface area contributed by atoms with Gasteiger partial charge >= 0.3 is 0 Å². The maximum atomic E-state index is 11.9. The van der Waals surface area contributed by atoms with Crippen LogP contribution in [0.4, 0.5) is 5.69 Å². The van der Waals surface area contributed by atoms with Crippen LogP contribution in [-0.2, 0) is 6.54 Å². The van der Waals surface area contributed by atoms with Crippen molar-refractivity contribution < 1.29 is 0 Å². The first-order valence-electron chi connectivity index (χ1n) is 5.59. The maximum absolute atomic E-state index is 11.9. The summed E-state index contributed by atoms with van der Waals surface area (Å²) in [5.41, 5.74) is 9.08. The largest absolute Gasteiger partial charge is 0.394 e. The van der Waals surface area contributed by atoms with E-state index in [4.69, 9.17) is 5.73 Å². The summed E-state index contributed by atoms with van der Waals surface area (Å²) in [4.78, 5) is 11.9. The second-order valence-electron chi connectivity index (χ2n) is 4.33. The van der Waals surface area contributed by atoms with Crippen LogP contribution in [-0.4, -0.2) is 4.57 Å². The summed E-state index contributed by atoms with van der Waals surface area (Å²) in [5, 5.41) is 0. The number of anilines is 1. The number of nitrogen functional groups attached to an aromatic ring is 1. The van der Waals surface area contributed by atoms with Gasteiger partial charge in [-0.05, 0) is 31.0 Å². The monoisotopic (exact) mass is 228 g/mol. The molecule has 2 N–H and O–H groups in total. The first-order valence-corrected chi connectivity index (χ1v) is 5.59. The average molecular weight is 228 g/mol. The van der Waals surface area contributed by atoms with Crippen molar-refractivity contribution in [3.63, 3.8) is 0 Å². The van der Waals surface area contributed by atoms with Gasteiger partial charge in [-0.15, -0.1) is 0 Å². The Balaban J connectivity index is 2.34. The second-order valence-corrected chi connectivity index (χ2v) is 4.33. The van der Waals surface area contributed by atoms with Gasteiger partial charge in [0.1, 0.15) is 5.69 Å². The number of nitrogens with zero attached hydrogens (tertiary/aromatic N) is 1. The van der Waals surface area contributed by atoms with Gasteiger partial charge < -0.3 is 10.3 Å². The van der Waals surface area contributed by atoms with Crippen LogP contribution in [0.15, 0.2) is 41.3 Å². The summed E-state index contributed by atoms with van der Waals surface area (Å²) in [5.74, 6) is 0. The number of aryl methyl sites for hydroxylation is 2. The fraction of sp³-hybridized carbons (Fsp3) is 0.214. The lowest BCUT2D eigenvalue weighted by Crippen LogP contribution is -2.23. The normalized spacial score (nSPS) is 10.5. The molecule has 0 atom stereocenters. The van der Waals surface area contributed by atoms with Gasteiger partial charge in [0.05, 0.1) is 6.54 Å². The second kappa shape index (κ2) is 4.45. The Morgan fingerprint density at radius 3 is 2.41 bits per heavy atom. The van der Waals surface area contributed by atoms with Crippen molar-refractivity contribution >= 4 is 5.69 Å². The Labute approximate surface area is 101 Å². The van der Waals surface area contributed by atoms with E-state index in [0.29, 0.717) is 12.2 Å². The molecule has 0 bridgehead atoms. The van der Waals surface area contributed by atoms with Gasteiger partial charge in [-0.1, -0.05) is 29.8 Å². The lowest BCUT2D eigenvalue weighted by molar-refractivity contribution is 0.760. The number of rotatable bonds is 2. The third kappa shape index (κ3) is 2.38. The quantitative estimate of drug-likeness (QED) is 0.855. The molecule has 0 saturated carbocycles. The maximum Gasteiger partial charge on any atom is 0.274 e. The van der Waals surface area contributed by atoms with E-state index < -0.39 is 0 Å². The van der Waals surface area contributed by atoms with Crippen LogP contribution < -0.4 is 11.3 Å². The van der Waals surface area contributed by atoms with Crippen molar-refractivity contribution in [1.82, 2.24) is 4.57 Å². The first-order chi connectivity index (χ1) is 8.08. The number of aromatic nitrogens is 1. The van der Waals surface area contributed by atoms with Crippen molar-refractivity contribution in [2.75, 3.05) is 5.73 Å². The molecule has 0 fully saturated rings. The highest BCUT2D eigenvalue weighted by Crippen LogP contribution is 2.07. The number of pyridine rings is 1. The van der Waals surface area contributed by atoms with E-state index in [-0.39, 0.29) is 5.56 Å². The molecule has 0 aliphatic heterocycles. The highest BCUT2D eigenvalue weighted by molar-refractivity contribution is 5.43. The van der Waals surface area contributed by atoms with Crippen molar-refractivity contribution in [3.05, 3.63) is 63.6 Å². The molecule has 2 aromatic rings. The Kier molecular flexibility index (Phi) is 3.00. The van der Waals surface area contributed by atoms with Crippen molar-refractivity contribution in [1.29, 1.82) is 0 Å². The van der Waals surface area contributed by atoms with Gasteiger partial charge in [0, 0.05) is 6.20 Å². The summed E-state index contributed by atoms with van der Waals surface area (Å²) < 4.78 is 1.63. The van der Waals surface area contributed by atoms with Crippen LogP contribution in [0.1, 0.15) is 16.7 Å². The minimum absolute atomic E-state index is 0.120. The number of hydrogen-bond donors (Lipinski definition) is 1. The highest BCUT2D eigenvalue weighted by atomic mass is 16.1. The standard InChI is InChI=1S/C14H16N2O/c1-10-3-5-12(6-4-10)9-16-8-7-11(2)13(15)14(16)17/h3-8H,9,15H2,1-2H3. The topological polar surface area (TPSA) is 48.0 Å². The van der Waals surface area contributed by atoms with E-state index in [1.807, 2.05) is 44.2 Å². The van der Waals surface area contributed by atoms with E-state index in [9.17, 15) is 4.79 Å². The lowest BCUT2D eigenvalue weighted by Gasteiger charge is -2.08. The Bertz CT molecular complexity index is 582. The first kappa shape index (κ1) is 11.5. The van der Waals surface area contributed by atoms with Gasteiger partial charge in [-0.25, -0.2) is 0 Å². The summed E-state index contributed by atoms with van der Waals surface area (Å²) >= 11 is 0. The molecule has 88 valence electrons. The smallest absolute Gasteiger partial charge is 0.274 e. The van der Waals surface area contributed by atoms with Crippen LogP contribution in [0, 0.1) is 13.8 Å². The highest BCUT2D eigenvalue weighted by Gasteiger charge is 2.03. The molecule has 0 aliphatic rings. The van der Waals surface area contributed by atoms with Crippen molar-refractivity contribution in [3.8, 4) is 0 Å². The van der Waals surface area contributed by atoms with E-state index >= 15 is 0 Å². The predicted molar refractivity (Wildman–Crippen MR) is 70.1 cm³/mol. The third-order valence-corrected chi connectivity index (χ3v) is 2.89. The van der Waals surface area contributed by atoms with E-state index in [2.05, 4.69) is 0 Å². The molecule has 0 amide bonds. The van der Waals surface area contributed by atoms with E-state index in [0.717, 1.165) is 11.1 Å². The SMILES string of the molecule is Cc1ccc(Cn2ccc(C)c(N)c2=O)cc1. The van der Waals surface area contributed by atoms with Crippen molar-refractivity contribution in [2.45, 2.75) is 20.4 Å². The minimum atomic E-state index is -0.120. The summed E-state index contributed by atoms with van der Waals surface area (Å²) in [6, 6.07) is 10.00. The van der Waals surface area contributed by atoms with Crippen LogP contribution >= 0.6 is 0 Å². The molecule has 0 aliphatic carbocycles. The summed E-state index contributed by atoms with van der Waals surface area (Å²) in [6.07, 6.45) is 1.79. The van der Waals surface area contributed by atoms with Crippen LogP contribution in [0.2, 0.25) is 0 Å². The summed E-state index contributed by atoms with van der Waals surface area (Å²) in [6.45, 7) is 4.44. The molecule has 2 rings (SSSR count). The molecular weight excluding hydrogens is 212 g/mol. The minimum Gasteiger partial charge on any atom is -0.394 e. The molecule has 0 spiro atoms. The molecule has 3 heteroatoms. The Hall–Kier alpha value is -2.03. The number of hydrogen-bond acceptors (Lipinski definition) is 2. The Morgan fingerprint density at radius 2 is 1.76 bits per heavy atom. The molecule has 0 saturated heterocycles. The van der Waals surface area contributed by atoms with E-state index in [1.165, 1.54) is 5.56 Å². The molecule has 0 radical (unpaired) electrons. The zero-order valence-electron chi connectivity index (χ0n) is 10.1. The van der Waals surface area contributed by atoms with E-state index in [1.54, 1.807) is 10.8 Å². The van der Waals surface area contributed by atoms with Gasteiger partial charge in [0.25, 0.3) is 5.56 Å². The molecule has 1 heterocycles. The fourth-order valence-electron chi connectivity index (χ4n) is 1.70. The predicted octanol–water partition coefficient (Wildman–Crippen LogP) is 2.10. The van der Waals surface area contributed by atoms with Crippen molar-refractivity contribution in [2.24, 2.45) is 0 Å². The zero-order valence-corrected chi connectivity index (χ0v) is 10.1. The van der Waals surface area contributed by atoms with Gasteiger partial charge in [-0.3, -0.25) is 4.79 Å².